The van der Waals surface area contributed by atoms with Gasteiger partial charge in [-0.25, -0.2) is 4.98 Å². The summed E-state index contributed by atoms with van der Waals surface area (Å²) in [5.41, 5.74) is 1.88. The van der Waals surface area contributed by atoms with Crippen molar-refractivity contribution in [2.24, 2.45) is 0 Å². The summed E-state index contributed by atoms with van der Waals surface area (Å²) in [6.07, 6.45) is 4.36. The highest BCUT2D eigenvalue weighted by Gasteiger charge is 2.22. The third-order valence-corrected chi connectivity index (χ3v) is 5.34. The summed E-state index contributed by atoms with van der Waals surface area (Å²) in [5.74, 6) is 0. The Kier molecular flexibility index (Phi) is 5.06. The lowest BCUT2D eigenvalue weighted by Gasteiger charge is -2.02. The lowest BCUT2D eigenvalue weighted by Crippen LogP contribution is -2.15. The zero-order valence-electron chi connectivity index (χ0n) is 11.5. The van der Waals surface area contributed by atoms with Gasteiger partial charge in [0.2, 0.25) is 0 Å². The molecule has 0 saturated heterocycles. The van der Waals surface area contributed by atoms with Crippen LogP contribution in [0.15, 0.2) is 21.2 Å². The standard InChI is InChI=1S/C14H15Br2N3OS/c1-20-7-11-12(6-17-9-2-3-9)21-14(19-11)13-10(16)4-8(15)5-18-13/h4-5,9,17H,2-3,6-7H2,1H3. The Balaban J connectivity index is 1.88. The largest absolute Gasteiger partial charge is 0.378 e. The average molecular weight is 433 g/mol. The minimum atomic E-state index is 0.534. The molecule has 112 valence electrons. The Morgan fingerprint density at radius 1 is 1.43 bits per heavy atom. The third kappa shape index (κ3) is 3.90. The molecule has 3 rings (SSSR count). The molecule has 1 fully saturated rings. The van der Waals surface area contributed by atoms with Crippen molar-refractivity contribution in [1.29, 1.82) is 0 Å². The Labute approximate surface area is 144 Å². The van der Waals surface area contributed by atoms with E-state index in [4.69, 9.17) is 9.72 Å². The number of rotatable bonds is 6. The minimum absolute atomic E-state index is 0.534. The van der Waals surface area contributed by atoms with E-state index in [1.54, 1.807) is 24.6 Å². The Bertz CT molecular complexity index is 643. The molecule has 0 radical (unpaired) electrons. The summed E-state index contributed by atoms with van der Waals surface area (Å²) in [7, 11) is 1.70. The van der Waals surface area contributed by atoms with Crippen LogP contribution >= 0.6 is 43.2 Å². The third-order valence-electron chi connectivity index (χ3n) is 3.20. The fraction of sp³-hybridized carbons (Fsp3) is 0.429. The van der Waals surface area contributed by atoms with Crippen LogP contribution in [0.1, 0.15) is 23.4 Å². The van der Waals surface area contributed by atoms with Crippen molar-refractivity contribution in [2.75, 3.05) is 7.11 Å². The van der Waals surface area contributed by atoms with Crippen LogP contribution < -0.4 is 5.32 Å². The second-order valence-corrected chi connectivity index (χ2v) is 7.81. The molecule has 0 aromatic carbocycles. The van der Waals surface area contributed by atoms with Crippen LogP contribution in [0.2, 0.25) is 0 Å². The number of thiazole rings is 1. The van der Waals surface area contributed by atoms with Crippen LogP contribution in [0.4, 0.5) is 0 Å². The van der Waals surface area contributed by atoms with E-state index >= 15 is 0 Å². The highest BCUT2D eigenvalue weighted by atomic mass is 79.9. The Morgan fingerprint density at radius 3 is 2.90 bits per heavy atom. The van der Waals surface area contributed by atoms with Crippen LogP contribution in [-0.4, -0.2) is 23.1 Å². The van der Waals surface area contributed by atoms with Crippen molar-refractivity contribution in [2.45, 2.75) is 32.0 Å². The molecule has 0 unspecified atom stereocenters. The number of ether oxygens (including phenoxy) is 1. The van der Waals surface area contributed by atoms with Crippen LogP contribution in [0.3, 0.4) is 0 Å². The molecule has 0 aliphatic heterocycles. The van der Waals surface area contributed by atoms with Gasteiger partial charge in [-0.05, 0) is 50.8 Å². The van der Waals surface area contributed by atoms with Crippen LogP contribution in [0.25, 0.3) is 10.7 Å². The van der Waals surface area contributed by atoms with E-state index in [9.17, 15) is 0 Å². The predicted octanol–water partition coefficient (Wildman–Crippen LogP) is 4.13. The number of halogens is 2. The first-order valence-corrected chi connectivity index (χ1v) is 9.10. The first kappa shape index (κ1) is 15.6. The van der Waals surface area contributed by atoms with E-state index in [0.717, 1.165) is 31.9 Å². The summed E-state index contributed by atoms with van der Waals surface area (Å²) in [6.45, 7) is 1.39. The van der Waals surface area contributed by atoms with E-state index in [1.807, 2.05) is 6.07 Å². The van der Waals surface area contributed by atoms with Gasteiger partial charge >= 0.3 is 0 Å². The first-order valence-electron chi connectivity index (χ1n) is 6.69. The molecule has 1 N–H and O–H groups in total. The quantitative estimate of drug-likeness (QED) is 0.745. The second-order valence-electron chi connectivity index (χ2n) is 4.96. The topological polar surface area (TPSA) is 47.0 Å². The summed E-state index contributed by atoms with van der Waals surface area (Å²) in [5, 5.41) is 4.46. The van der Waals surface area contributed by atoms with Crippen molar-refractivity contribution in [3.8, 4) is 10.7 Å². The smallest absolute Gasteiger partial charge is 0.143 e. The molecule has 21 heavy (non-hydrogen) atoms. The van der Waals surface area contributed by atoms with Gasteiger partial charge in [0.1, 0.15) is 10.7 Å². The van der Waals surface area contributed by atoms with Crippen molar-refractivity contribution in [3.63, 3.8) is 0 Å². The van der Waals surface area contributed by atoms with Gasteiger partial charge in [0.25, 0.3) is 0 Å². The molecule has 1 aliphatic rings. The maximum Gasteiger partial charge on any atom is 0.143 e. The van der Waals surface area contributed by atoms with E-state index < -0.39 is 0 Å². The normalized spacial score (nSPS) is 14.6. The number of hydrogen-bond acceptors (Lipinski definition) is 5. The maximum atomic E-state index is 5.27. The lowest BCUT2D eigenvalue weighted by molar-refractivity contribution is 0.181. The molecular formula is C14H15Br2N3OS. The van der Waals surface area contributed by atoms with Crippen molar-refractivity contribution in [3.05, 3.63) is 31.8 Å². The zero-order valence-corrected chi connectivity index (χ0v) is 15.5. The summed E-state index contributed by atoms with van der Waals surface area (Å²) < 4.78 is 7.15. The molecule has 2 aromatic rings. The molecule has 4 nitrogen and oxygen atoms in total. The fourth-order valence-electron chi connectivity index (χ4n) is 1.97. The maximum absolute atomic E-state index is 5.27. The number of nitrogens with one attached hydrogen (secondary N) is 1. The molecule has 1 aliphatic carbocycles. The number of methoxy groups -OCH3 is 1. The molecule has 1 saturated carbocycles. The summed E-state index contributed by atoms with van der Waals surface area (Å²) >= 11 is 8.66. The minimum Gasteiger partial charge on any atom is -0.378 e. The fourth-order valence-corrected chi connectivity index (χ4v) is 4.30. The van der Waals surface area contributed by atoms with Gasteiger partial charge < -0.3 is 10.1 Å². The van der Waals surface area contributed by atoms with Crippen LogP contribution in [0, 0.1) is 0 Å². The van der Waals surface area contributed by atoms with Gasteiger partial charge in [-0.1, -0.05) is 0 Å². The van der Waals surface area contributed by atoms with Crippen LogP contribution in [0.5, 0.6) is 0 Å². The SMILES string of the molecule is COCc1nc(-c2ncc(Br)cc2Br)sc1CNC1CC1. The highest BCUT2D eigenvalue weighted by molar-refractivity contribution is 9.11. The van der Waals surface area contributed by atoms with E-state index in [1.165, 1.54) is 17.7 Å². The number of pyridine rings is 1. The van der Waals surface area contributed by atoms with Crippen LogP contribution in [-0.2, 0) is 17.9 Å². The van der Waals surface area contributed by atoms with Crippen molar-refractivity contribution < 1.29 is 4.74 Å². The number of aromatic nitrogens is 2. The molecule has 2 aromatic heterocycles. The van der Waals surface area contributed by atoms with E-state index in [0.29, 0.717) is 12.6 Å². The van der Waals surface area contributed by atoms with Gasteiger partial charge in [-0.2, -0.15) is 0 Å². The molecule has 0 atom stereocenters. The summed E-state index contributed by atoms with van der Waals surface area (Å²) in [6, 6.07) is 2.67. The number of hydrogen-bond donors (Lipinski definition) is 1. The summed E-state index contributed by atoms with van der Waals surface area (Å²) in [4.78, 5) is 10.4. The van der Waals surface area contributed by atoms with Gasteiger partial charge in [0.05, 0.1) is 12.3 Å². The van der Waals surface area contributed by atoms with Gasteiger partial charge in [0.15, 0.2) is 0 Å². The highest BCUT2D eigenvalue weighted by Crippen LogP contribution is 2.33. The lowest BCUT2D eigenvalue weighted by atomic mass is 10.3. The van der Waals surface area contributed by atoms with Gasteiger partial charge in [0, 0.05) is 39.7 Å². The Morgan fingerprint density at radius 2 is 2.24 bits per heavy atom. The van der Waals surface area contributed by atoms with Gasteiger partial charge in [-0.3, -0.25) is 4.98 Å². The molecule has 0 amide bonds. The first-order chi connectivity index (χ1) is 10.2. The number of nitrogens with zero attached hydrogens (tertiary/aromatic N) is 2. The molecule has 0 spiro atoms. The predicted molar refractivity (Wildman–Crippen MR) is 91.3 cm³/mol. The van der Waals surface area contributed by atoms with Crippen molar-refractivity contribution >= 4 is 43.2 Å². The zero-order chi connectivity index (χ0) is 14.8. The van der Waals surface area contributed by atoms with E-state index in [2.05, 4.69) is 42.2 Å². The Hall–Kier alpha value is -0.340. The molecule has 2 heterocycles. The molecule has 0 bridgehead atoms. The molecule has 7 heteroatoms. The average Bonchev–Trinajstić information content (AvgIpc) is 3.19. The monoisotopic (exact) mass is 431 g/mol. The van der Waals surface area contributed by atoms with E-state index in [-0.39, 0.29) is 0 Å². The van der Waals surface area contributed by atoms with Crippen molar-refractivity contribution in [1.82, 2.24) is 15.3 Å². The van der Waals surface area contributed by atoms with Gasteiger partial charge in [-0.15, -0.1) is 11.3 Å². The second kappa shape index (κ2) is 6.83. The molecular weight excluding hydrogens is 418 g/mol.